The van der Waals surface area contributed by atoms with E-state index < -0.39 is 11.4 Å². The number of rotatable bonds is 6. The van der Waals surface area contributed by atoms with Crippen molar-refractivity contribution in [2.75, 3.05) is 0 Å². The maximum Gasteiger partial charge on any atom is 0.309 e. The Morgan fingerprint density at radius 1 is 0.920 bits per heavy atom. The standard InChI is InChI=1S/C22H27NO2/c1-21(20(24)25)13-14-22(2,17-21)23(15-18-9-5-3-6-10-18)16-19-11-7-4-8-12-19/h3-12H,13-17H2,1-2H3,(H,24,25). The monoisotopic (exact) mass is 337 g/mol. The largest absolute Gasteiger partial charge is 0.481 e. The number of nitrogens with zero attached hydrogens (tertiary/aromatic N) is 1. The zero-order valence-electron chi connectivity index (χ0n) is 15.1. The summed E-state index contributed by atoms with van der Waals surface area (Å²) in [5.74, 6) is -0.671. The molecule has 0 saturated heterocycles. The van der Waals surface area contributed by atoms with Crippen LogP contribution in [0.3, 0.4) is 0 Å². The molecule has 0 bridgehead atoms. The molecule has 132 valence electrons. The fourth-order valence-electron chi connectivity index (χ4n) is 4.06. The average Bonchev–Trinajstić information content (AvgIpc) is 2.94. The third kappa shape index (κ3) is 3.93. The van der Waals surface area contributed by atoms with Crippen LogP contribution in [0.2, 0.25) is 0 Å². The maximum absolute atomic E-state index is 11.7. The number of aliphatic carboxylic acids is 1. The summed E-state index contributed by atoms with van der Waals surface area (Å²) in [6, 6.07) is 20.9. The Labute approximate surface area is 150 Å². The topological polar surface area (TPSA) is 40.5 Å². The third-order valence-electron chi connectivity index (χ3n) is 5.70. The number of hydrogen-bond acceptors (Lipinski definition) is 2. The summed E-state index contributed by atoms with van der Waals surface area (Å²) in [6.07, 6.45) is 2.34. The molecule has 1 N–H and O–H groups in total. The highest BCUT2D eigenvalue weighted by Gasteiger charge is 2.49. The van der Waals surface area contributed by atoms with Crippen LogP contribution in [0.15, 0.2) is 60.7 Å². The molecule has 1 aliphatic carbocycles. The van der Waals surface area contributed by atoms with Crippen molar-refractivity contribution in [1.82, 2.24) is 4.90 Å². The van der Waals surface area contributed by atoms with Crippen molar-refractivity contribution in [2.24, 2.45) is 5.41 Å². The Hall–Kier alpha value is -2.13. The van der Waals surface area contributed by atoms with Gasteiger partial charge in [0.2, 0.25) is 0 Å². The molecule has 0 heterocycles. The zero-order valence-corrected chi connectivity index (χ0v) is 15.1. The van der Waals surface area contributed by atoms with Crippen LogP contribution in [-0.4, -0.2) is 21.5 Å². The first-order valence-electron chi connectivity index (χ1n) is 8.98. The summed E-state index contributed by atoms with van der Waals surface area (Å²) >= 11 is 0. The summed E-state index contributed by atoms with van der Waals surface area (Å²) in [7, 11) is 0. The van der Waals surface area contributed by atoms with Crippen LogP contribution in [-0.2, 0) is 17.9 Å². The second-order valence-corrected chi connectivity index (χ2v) is 7.87. The van der Waals surface area contributed by atoms with E-state index in [1.807, 2.05) is 19.1 Å². The number of benzene rings is 2. The number of carboxylic acids is 1. The van der Waals surface area contributed by atoms with Gasteiger partial charge in [-0.25, -0.2) is 0 Å². The van der Waals surface area contributed by atoms with E-state index in [9.17, 15) is 9.90 Å². The van der Waals surface area contributed by atoms with Crippen LogP contribution >= 0.6 is 0 Å². The Kier molecular flexibility index (Phi) is 4.96. The molecule has 3 rings (SSSR count). The van der Waals surface area contributed by atoms with Gasteiger partial charge in [-0.3, -0.25) is 9.69 Å². The highest BCUT2D eigenvalue weighted by Crippen LogP contribution is 2.47. The number of carbonyl (C=O) groups is 1. The predicted molar refractivity (Wildman–Crippen MR) is 100 cm³/mol. The second kappa shape index (κ2) is 7.01. The quantitative estimate of drug-likeness (QED) is 0.829. The van der Waals surface area contributed by atoms with E-state index in [1.54, 1.807) is 0 Å². The Bertz CT molecular complexity index is 674. The van der Waals surface area contributed by atoms with Gasteiger partial charge >= 0.3 is 5.97 Å². The average molecular weight is 337 g/mol. The van der Waals surface area contributed by atoms with Crippen LogP contribution in [0.4, 0.5) is 0 Å². The van der Waals surface area contributed by atoms with E-state index in [2.05, 4.69) is 60.4 Å². The molecule has 1 saturated carbocycles. The maximum atomic E-state index is 11.7. The van der Waals surface area contributed by atoms with Gasteiger partial charge < -0.3 is 5.11 Å². The Morgan fingerprint density at radius 2 is 1.40 bits per heavy atom. The lowest BCUT2D eigenvalue weighted by Gasteiger charge is -2.40. The molecule has 0 aliphatic heterocycles. The number of carboxylic acid groups (broad SMARTS) is 1. The van der Waals surface area contributed by atoms with E-state index in [0.29, 0.717) is 6.42 Å². The molecule has 3 heteroatoms. The van der Waals surface area contributed by atoms with Crippen molar-refractivity contribution < 1.29 is 9.90 Å². The van der Waals surface area contributed by atoms with Crippen molar-refractivity contribution in [1.29, 1.82) is 0 Å². The molecule has 0 aromatic heterocycles. The summed E-state index contributed by atoms with van der Waals surface area (Å²) in [4.78, 5) is 14.2. The minimum atomic E-state index is -0.671. The van der Waals surface area contributed by atoms with Gasteiger partial charge in [0.15, 0.2) is 0 Å². The number of hydrogen-bond donors (Lipinski definition) is 1. The molecular formula is C22H27NO2. The fourth-order valence-corrected chi connectivity index (χ4v) is 4.06. The minimum Gasteiger partial charge on any atom is -0.481 e. The lowest BCUT2D eigenvalue weighted by Crippen LogP contribution is -2.44. The van der Waals surface area contributed by atoms with E-state index >= 15 is 0 Å². The second-order valence-electron chi connectivity index (χ2n) is 7.87. The molecule has 1 aliphatic rings. The van der Waals surface area contributed by atoms with Gasteiger partial charge in [-0.15, -0.1) is 0 Å². The van der Waals surface area contributed by atoms with Crippen LogP contribution < -0.4 is 0 Å². The Balaban J connectivity index is 1.86. The van der Waals surface area contributed by atoms with Crippen molar-refractivity contribution >= 4 is 5.97 Å². The van der Waals surface area contributed by atoms with Crippen molar-refractivity contribution in [3.8, 4) is 0 Å². The molecule has 0 spiro atoms. The van der Waals surface area contributed by atoms with Gasteiger partial charge in [0.25, 0.3) is 0 Å². The zero-order chi connectivity index (χ0) is 17.9. The molecule has 1 fully saturated rings. The summed E-state index contributed by atoms with van der Waals surface area (Å²) < 4.78 is 0. The van der Waals surface area contributed by atoms with Gasteiger partial charge in [-0.1, -0.05) is 60.7 Å². The lowest BCUT2D eigenvalue weighted by molar-refractivity contribution is -0.148. The normalized spacial score (nSPS) is 26.0. The van der Waals surface area contributed by atoms with Gasteiger partial charge in [-0.2, -0.15) is 0 Å². The molecule has 3 nitrogen and oxygen atoms in total. The predicted octanol–water partition coefficient (Wildman–Crippen LogP) is 4.72. The van der Waals surface area contributed by atoms with E-state index in [1.165, 1.54) is 11.1 Å². The molecular weight excluding hydrogens is 310 g/mol. The molecule has 2 atom stereocenters. The van der Waals surface area contributed by atoms with Gasteiger partial charge in [0, 0.05) is 18.6 Å². The molecule has 2 aromatic rings. The summed E-state index contributed by atoms with van der Waals surface area (Å²) in [5.41, 5.74) is 1.80. The lowest BCUT2D eigenvalue weighted by atomic mass is 9.85. The van der Waals surface area contributed by atoms with Crippen LogP contribution in [0.1, 0.15) is 44.2 Å². The third-order valence-corrected chi connectivity index (χ3v) is 5.70. The smallest absolute Gasteiger partial charge is 0.309 e. The molecule has 2 aromatic carbocycles. The van der Waals surface area contributed by atoms with Crippen molar-refractivity contribution in [3.05, 3.63) is 71.8 Å². The molecule has 25 heavy (non-hydrogen) atoms. The molecule has 2 unspecified atom stereocenters. The SMILES string of the molecule is CC1(C(=O)O)CCC(C)(N(Cc2ccccc2)Cc2ccccc2)C1. The first-order valence-corrected chi connectivity index (χ1v) is 8.98. The highest BCUT2D eigenvalue weighted by atomic mass is 16.4. The van der Waals surface area contributed by atoms with Crippen LogP contribution in [0, 0.1) is 5.41 Å². The summed E-state index contributed by atoms with van der Waals surface area (Å²) in [6.45, 7) is 5.79. The highest BCUT2D eigenvalue weighted by molar-refractivity contribution is 5.74. The van der Waals surface area contributed by atoms with E-state index in [0.717, 1.165) is 25.9 Å². The first kappa shape index (κ1) is 17.7. The minimum absolute atomic E-state index is 0.112. The van der Waals surface area contributed by atoms with Crippen molar-refractivity contribution in [3.63, 3.8) is 0 Å². The Morgan fingerprint density at radius 3 is 1.80 bits per heavy atom. The van der Waals surface area contributed by atoms with E-state index in [-0.39, 0.29) is 5.54 Å². The summed E-state index contributed by atoms with van der Waals surface area (Å²) in [5, 5.41) is 9.65. The fraction of sp³-hybridized carbons (Fsp3) is 0.409. The molecule has 0 radical (unpaired) electrons. The van der Waals surface area contributed by atoms with Gasteiger partial charge in [0.1, 0.15) is 0 Å². The molecule has 0 amide bonds. The van der Waals surface area contributed by atoms with Crippen molar-refractivity contribution in [2.45, 2.75) is 51.7 Å². The van der Waals surface area contributed by atoms with E-state index in [4.69, 9.17) is 0 Å². The van der Waals surface area contributed by atoms with Crippen LogP contribution in [0.5, 0.6) is 0 Å². The first-order chi connectivity index (χ1) is 11.9. The van der Waals surface area contributed by atoms with Gasteiger partial charge in [-0.05, 0) is 44.2 Å². The van der Waals surface area contributed by atoms with Crippen LogP contribution in [0.25, 0.3) is 0 Å². The van der Waals surface area contributed by atoms with Gasteiger partial charge in [0.05, 0.1) is 5.41 Å².